The third-order valence-corrected chi connectivity index (χ3v) is 2.76. The maximum atomic E-state index is 10.4. The molecule has 4 aromatic rings. The summed E-state index contributed by atoms with van der Waals surface area (Å²) in [6.45, 7) is 0. The van der Waals surface area contributed by atoms with Crippen LogP contribution in [0.3, 0.4) is 0 Å². The monoisotopic (exact) mass is 336 g/mol. The van der Waals surface area contributed by atoms with E-state index >= 15 is 0 Å². The van der Waals surface area contributed by atoms with E-state index in [0.29, 0.717) is 22.5 Å². The number of rotatable bonds is 1. The van der Waals surface area contributed by atoms with Gasteiger partial charge in [0.2, 0.25) is 5.91 Å². The number of H-pyrrole nitrogens is 1. The Morgan fingerprint density at radius 2 is 1.72 bits per heavy atom. The summed E-state index contributed by atoms with van der Waals surface area (Å²) >= 11 is 0. The summed E-state index contributed by atoms with van der Waals surface area (Å²) < 4.78 is 0. The molecule has 1 amide bonds. The van der Waals surface area contributed by atoms with Crippen molar-refractivity contribution < 1.29 is 4.79 Å². The maximum absolute atomic E-state index is 10.4. The quantitative estimate of drug-likeness (QED) is 0.472. The second-order valence-corrected chi connectivity index (χ2v) is 4.49. The van der Waals surface area contributed by atoms with Gasteiger partial charge < -0.3 is 16.5 Å². The third kappa shape index (κ3) is 5.67. The van der Waals surface area contributed by atoms with Crippen LogP contribution in [0.4, 0.5) is 5.82 Å². The molecule has 0 radical (unpaired) electrons. The molecule has 0 bridgehead atoms. The predicted octanol–water partition coefficient (Wildman–Crippen LogP) is 1.20. The van der Waals surface area contributed by atoms with Crippen molar-refractivity contribution in [2.45, 2.75) is 0 Å². The van der Waals surface area contributed by atoms with E-state index in [2.05, 4.69) is 29.9 Å². The van der Waals surface area contributed by atoms with Crippen LogP contribution in [0.2, 0.25) is 0 Å². The van der Waals surface area contributed by atoms with Crippen LogP contribution in [0, 0.1) is 0 Å². The topological polar surface area (TPSA) is 149 Å². The van der Waals surface area contributed by atoms with Gasteiger partial charge in [-0.3, -0.25) is 14.8 Å². The van der Waals surface area contributed by atoms with Gasteiger partial charge in [0.1, 0.15) is 11.8 Å². The summed E-state index contributed by atoms with van der Waals surface area (Å²) in [5.41, 5.74) is 12.2. The molecular weight excluding hydrogens is 320 g/mol. The summed E-state index contributed by atoms with van der Waals surface area (Å²) in [6, 6.07) is 9.00. The van der Waals surface area contributed by atoms with Crippen molar-refractivity contribution >= 4 is 22.9 Å². The van der Waals surface area contributed by atoms with Crippen molar-refractivity contribution in [2.24, 2.45) is 5.73 Å². The van der Waals surface area contributed by atoms with E-state index < -0.39 is 5.91 Å². The molecule has 4 rings (SSSR count). The Morgan fingerprint density at radius 1 is 0.960 bits per heavy atom. The van der Waals surface area contributed by atoms with E-state index in [1.54, 1.807) is 30.7 Å². The standard InChI is InChI=1S/C6H6N2O.C5H5N5.C5H5N/c7-6(9)5-2-1-3-8-4-5;6-4-3-5(9-1-7-3)10-2-8-4;1-2-4-6-5-3-1/h1-4H,(H2,7,9);1-2H,(H3,6,7,8,9,10);1-5H. The number of aromatic nitrogens is 6. The minimum atomic E-state index is -0.442. The highest BCUT2D eigenvalue weighted by Crippen LogP contribution is 2.09. The molecule has 0 aromatic carbocycles. The molecule has 4 aromatic heterocycles. The molecule has 0 aliphatic heterocycles. The van der Waals surface area contributed by atoms with E-state index in [0.717, 1.165) is 0 Å². The fourth-order valence-corrected chi connectivity index (χ4v) is 1.60. The van der Waals surface area contributed by atoms with Gasteiger partial charge in [-0.25, -0.2) is 15.0 Å². The van der Waals surface area contributed by atoms with Crippen molar-refractivity contribution in [1.82, 2.24) is 29.9 Å². The van der Waals surface area contributed by atoms with Crippen LogP contribution < -0.4 is 11.5 Å². The SMILES string of the molecule is NC(=O)c1cccnc1.Nc1ncnc2nc[nH]c12.c1ccncc1. The van der Waals surface area contributed by atoms with Gasteiger partial charge in [0.25, 0.3) is 0 Å². The number of pyridine rings is 2. The van der Waals surface area contributed by atoms with Crippen LogP contribution in [0.5, 0.6) is 0 Å². The van der Waals surface area contributed by atoms with Crippen molar-refractivity contribution in [3.63, 3.8) is 0 Å². The molecule has 0 saturated carbocycles. The Kier molecular flexibility index (Phi) is 6.50. The number of nitrogens with two attached hydrogens (primary N) is 2. The number of fused-ring (bicyclic) bond motifs is 1. The van der Waals surface area contributed by atoms with Gasteiger partial charge in [-0.15, -0.1) is 0 Å². The number of aromatic amines is 1. The van der Waals surface area contributed by atoms with Gasteiger partial charge >= 0.3 is 0 Å². The van der Waals surface area contributed by atoms with Gasteiger partial charge in [-0.05, 0) is 24.3 Å². The van der Waals surface area contributed by atoms with E-state index in [4.69, 9.17) is 11.5 Å². The highest BCUT2D eigenvalue weighted by Gasteiger charge is 1.99. The number of carbonyl (C=O) groups excluding carboxylic acids is 1. The van der Waals surface area contributed by atoms with Gasteiger partial charge in [0, 0.05) is 24.8 Å². The van der Waals surface area contributed by atoms with Crippen LogP contribution in [0.15, 0.2) is 67.8 Å². The van der Waals surface area contributed by atoms with E-state index in [-0.39, 0.29) is 0 Å². The summed E-state index contributed by atoms with van der Waals surface area (Å²) in [5.74, 6) is -0.00870. The number of carbonyl (C=O) groups is 1. The number of anilines is 1. The first kappa shape index (κ1) is 17.5. The fourth-order valence-electron chi connectivity index (χ4n) is 1.60. The summed E-state index contributed by atoms with van der Waals surface area (Å²) in [4.78, 5) is 32.2. The number of amides is 1. The third-order valence-electron chi connectivity index (χ3n) is 2.76. The Hall–Kier alpha value is -3.88. The Labute approximate surface area is 143 Å². The molecule has 126 valence electrons. The van der Waals surface area contributed by atoms with Gasteiger partial charge in [0.05, 0.1) is 11.9 Å². The molecule has 0 unspecified atom stereocenters. The second-order valence-electron chi connectivity index (χ2n) is 4.49. The number of primary amides is 1. The van der Waals surface area contributed by atoms with E-state index in [9.17, 15) is 4.79 Å². The lowest BCUT2D eigenvalue weighted by atomic mass is 10.3. The van der Waals surface area contributed by atoms with Crippen molar-refractivity contribution in [2.75, 3.05) is 5.73 Å². The number of hydrogen-bond acceptors (Lipinski definition) is 7. The minimum absolute atomic E-state index is 0.433. The lowest BCUT2D eigenvalue weighted by molar-refractivity contribution is 0.1000. The first-order valence-electron chi connectivity index (χ1n) is 7.13. The van der Waals surface area contributed by atoms with Gasteiger partial charge in [-0.1, -0.05) is 6.07 Å². The molecule has 0 spiro atoms. The van der Waals surface area contributed by atoms with Crippen LogP contribution in [0.25, 0.3) is 11.2 Å². The number of nitrogen functional groups attached to an aromatic ring is 1. The number of hydrogen-bond donors (Lipinski definition) is 3. The molecule has 5 N–H and O–H groups in total. The summed E-state index contributed by atoms with van der Waals surface area (Å²) in [5, 5.41) is 0. The summed E-state index contributed by atoms with van der Waals surface area (Å²) in [7, 11) is 0. The highest BCUT2D eigenvalue weighted by atomic mass is 16.1. The number of imidazole rings is 1. The average molecular weight is 336 g/mol. The van der Waals surface area contributed by atoms with Crippen molar-refractivity contribution in [3.05, 3.63) is 73.3 Å². The molecule has 0 fully saturated rings. The van der Waals surface area contributed by atoms with Crippen molar-refractivity contribution in [3.8, 4) is 0 Å². The Bertz CT molecular complexity index is 869. The first-order valence-corrected chi connectivity index (χ1v) is 7.13. The lowest BCUT2D eigenvalue weighted by Crippen LogP contribution is -2.10. The molecule has 0 atom stereocenters. The van der Waals surface area contributed by atoms with Crippen molar-refractivity contribution in [1.29, 1.82) is 0 Å². The van der Waals surface area contributed by atoms with Crippen LogP contribution in [-0.2, 0) is 0 Å². The zero-order chi connectivity index (χ0) is 17.9. The number of nitrogens with zero attached hydrogens (tertiary/aromatic N) is 5. The molecule has 25 heavy (non-hydrogen) atoms. The predicted molar refractivity (Wildman–Crippen MR) is 93.1 cm³/mol. The Morgan fingerprint density at radius 3 is 2.20 bits per heavy atom. The van der Waals surface area contributed by atoms with Crippen LogP contribution >= 0.6 is 0 Å². The largest absolute Gasteiger partial charge is 0.382 e. The molecule has 0 saturated heterocycles. The van der Waals surface area contributed by atoms with E-state index in [1.165, 1.54) is 18.9 Å². The highest BCUT2D eigenvalue weighted by molar-refractivity contribution is 5.92. The molecule has 0 aliphatic carbocycles. The molecule has 4 heterocycles. The minimum Gasteiger partial charge on any atom is -0.382 e. The smallest absolute Gasteiger partial charge is 0.250 e. The van der Waals surface area contributed by atoms with Gasteiger partial charge in [-0.2, -0.15) is 0 Å². The lowest BCUT2D eigenvalue weighted by Gasteiger charge is -1.89. The molecule has 0 aliphatic rings. The molecular formula is C16H16N8O. The molecule has 9 heteroatoms. The van der Waals surface area contributed by atoms with Gasteiger partial charge in [0.15, 0.2) is 11.5 Å². The summed E-state index contributed by atoms with van der Waals surface area (Å²) in [6.07, 6.45) is 9.45. The maximum Gasteiger partial charge on any atom is 0.250 e. The van der Waals surface area contributed by atoms with Crippen LogP contribution in [-0.4, -0.2) is 35.8 Å². The normalized spacial score (nSPS) is 9.28. The average Bonchev–Trinajstić information content (AvgIpc) is 3.15. The zero-order valence-electron chi connectivity index (χ0n) is 13.1. The Balaban J connectivity index is 0.000000140. The fraction of sp³-hybridized carbons (Fsp3) is 0. The first-order chi connectivity index (χ1) is 12.2. The zero-order valence-corrected chi connectivity index (χ0v) is 13.1. The second kappa shape index (κ2) is 9.30. The van der Waals surface area contributed by atoms with Crippen LogP contribution in [0.1, 0.15) is 10.4 Å². The van der Waals surface area contributed by atoms with E-state index in [1.807, 2.05) is 18.2 Å². The number of nitrogens with one attached hydrogen (secondary N) is 1. The molecule has 9 nitrogen and oxygen atoms in total.